The van der Waals surface area contributed by atoms with E-state index in [4.69, 9.17) is 5.11 Å². The highest BCUT2D eigenvalue weighted by Gasteiger charge is 2.31. The summed E-state index contributed by atoms with van der Waals surface area (Å²) in [6.45, 7) is 0.871. The molecule has 1 amide bonds. The standard InChI is InChI=1S/C12H18N4O3/c1-16-4-2-3-10(16)11(17)15-9(12(18)19)5-8-6-13-7-14-8/h6-7,9-10H,2-5H2,1H3,(H,13,14)(H,15,17)(H,18,19)/t9-,10?/m0/s1. The van der Waals surface area contributed by atoms with Crippen LogP contribution in [0.4, 0.5) is 0 Å². The number of likely N-dealkylation sites (N-methyl/N-ethyl adjacent to an activating group) is 1. The highest BCUT2D eigenvalue weighted by atomic mass is 16.4. The normalized spacial score (nSPS) is 21.2. The summed E-state index contributed by atoms with van der Waals surface area (Å²) in [5.41, 5.74) is 0.687. The Hall–Kier alpha value is -1.89. The molecule has 1 aromatic rings. The lowest BCUT2D eigenvalue weighted by Crippen LogP contribution is -2.49. The molecule has 0 aliphatic carbocycles. The Morgan fingerprint density at radius 1 is 1.68 bits per heavy atom. The van der Waals surface area contributed by atoms with Crippen LogP contribution in [0.5, 0.6) is 0 Å². The van der Waals surface area contributed by atoms with E-state index in [0.717, 1.165) is 19.4 Å². The average Bonchev–Trinajstić information content (AvgIpc) is 2.99. The third kappa shape index (κ3) is 3.31. The fraction of sp³-hybridized carbons (Fsp3) is 0.583. The van der Waals surface area contributed by atoms with Gasteiger partial charge in [0.25, 0.3) is 0 Å². The van der Waals surface area contributed by atoms with Gasteiger partial charge in [-0.3, -0.25) is 9.69 Å². The lowest BCUT2D eigenvalue weighted by atomic mass is 10.1. The number of hydrogen-bond donors (Lipinski definition) is 3. The monoisotopic (exact) mass is 266 g/mol. The summed E-state index contributed by atoms with van der Waals surface area (Å²) in [6, 6.07) is -1.15. The van der Waals surface area contributed by atoms with E-state index in [9.17, 15) is 9.59 Å². The zero-order chi connectivity index (χ0) is 13.8. The van der Waals surface area contributed by atoms with Crippen molar-refractivity contribution in [3.63, 3.8) is 0 Å². The molecule has 0 bridgehead atoms. The van der Waals surface area contributed by atoms with Gasteiger partial charge in [-0.2, -0.15) is 0 Å². The Morgan fingerprint density at radius 2 is 2.47 bits per heavy atom. The van der Waals surface area contributed by atoms with Crippen molar-refractivity contribution < 1.29 is 14.7 Å². The minimum atomic E-state index is -1.04. The molecule has 1 fully saturated rings. The van der Waals surface area contributed by atoms with Crippen LogP contribution < -0.4 is 5.32 Å². The van der Waals surface area contributed by atoms with Crippen LogP contribution >= 0.6 is 0 Å². The van der Waals surface area contributed by atoms with E-state index in [1.54, 1.807) is 6.20 Å². The van der Waals surface area contributed by atoms with Gasteiger partial charge in [0, 0.05) is 18.3 Å². The molecule has 0 radical (unpaired) electrons. The third-order valence-corrected chi connectivity index (χ3v) is 3.42. The third-order valence-electron chi connectivity index (χ3n) is 3.42. The number of aliphatic carboxylic acids is 1. The van der Waals surface area contributed by atoms with Crippen LogP contribution in [0.15, 0.2) is 12.5 Å². The quantitative estimate of drug-likeness (QED) is 0.674. The molecule has 1 aromatic heterocycles. The fourth-order valence-corrected chi connectivity index (χ4v) is 2.33. The van der Waals surface area contributed by atoms with Gasteiger partial charge in [-0.25, -0.2) is 9.78 Å². The van der Waals surface area contributed by atoms with E-state index in [2.05, 4.69) is 15.3 Å². The summed E-state index contributed by atoms with van der Waals surface area (Å²) in [5.74, 6) is -1.25. The Bertz CT molecular complexity index is 446. The van der Waals surface area contributed by atoms with Crippen molar-refractivity contribution in [3.8, 4) is 0 Å². The number of aromatic nitrogens is 2. The molecule has 1 aliphatic heterocycles. The maximum absolute atomic E-state index is 12.1. The molecule has 0 aromatic carbocycles. The molecular formula is C12H18N4O3. The summed E-state index contributed by atoms with van der Waals surface area (Å²) in [4.78, 5) is 31.9. The average molecular weight is 266 g/mol. The predicted molar refractivity (Wildman–Crippen MR) is 67.5 cm³/mol. The van der Waals surface area contributed by atoms with Crippen LogP contribution in [0.25, 0.3) is 0 Å². The zero-order valence-electron chi connectivity index (χ0n) is 10.8. The van der Waals surface area contributed by atoms with Gasteiger partial charge in [0.15, 0.2) is 0 Å². The summed E-state index contributed by atoms with van der Waals surface area (Å²) in [6.07, 6.45) is 4.99. The number of carbonyl (C=O) groups excluding carboxylic acids is 1. The van der Waals surface area contributed by atoms with Gasteiger partial charge in [0.2, 0.25) is 5.91 Å². The summed E-state index contributed by atoms with van der Waals surface area (Å²) < 4.78 is 0. The van der Waals surface area contributed by atoms with Gasteiger partial charge in [-0.05, 0) is 26.4 Å². The highest BCUT2D eigenvalue weighted by Crippen LogP contribution is 2.15. The van der Waals surface area contributed by atoms with Crippen LogP contribution in [0, 0.1) is 0 Å². The maximum atomic E-state index is 12.1. The van der Waals surface area contributed by atoms with Crippen molar-refractivity contribution in [2.75, 3.05) is 13.6 Å². The van der Waals surface area contributed by atoms with Crippen LogP contribution in [-0.4, -0.2) is 57.5 Å². The Kier molecular flexibility index (Phi) is 4.16. The van der Waals surface area contributed by atoms with Crippen LogP contribution in [0.3, 0.4) is 0 Å². The smallest absolute Gasteiger partial charge is 0.326 e. The second-order valence-corrected chi connectivity index (χ2v) is 4.82. The minimum Gasteiger partial charge on any atom is -0.480 e. The largest absolute Gasteiger partial charge is 0.480 e. The van der Waals surface area contributed by atoms with Crippen LogP contribution in [-0.2, 0) is 16.0 Å². The Balaban J connectivity index is 1.96. The molecule has 2 atom stereocenters. The molecular weight excluding hydrogens is 248 g/mol. The van der Waals surface area contributed by atoms with Crippen LogP contribution in [0.1, 0.15) is 18.5 Å². The predicted octanol–water partition coefficient (Wildman–Crippen LogP) is -0.384. The van der Waals surface area contributed by atoms with Crippen molar-refractivity contribution in [3.05, 3.63) is 18.2 Å². The number of carboxylic acids is 1. The first-order chi connectivity index (χ1) is 9.08. The number of H-pyrrole nitrogens is 1. The number of imidazole rings is 1. The number of carboxylic acid groups (broad SMARTS) is 1. The van der Waals surface area contributed by atoms with Gasteiger partial charge in [0.05, 0.1) is 12.4 Å². The molecule has 3 N–H and O–H groups in total. The molecule has 1 saturated heterocycles. The summed E-state index contributed by atoms with van der Waals surface area (Å²) in [7, 11) is 1.88. The number of aromatic amines is 1. The van der Waals surface area contributed by atoms with E-state index in [0.29, 0.717) is 5.69 Å². The Labute approximate surface area is 111 Å². The minimum absolute atomic E-state index is 0.206. The molecule has 1 aliphatic rings. The SMILES string of the molecule is CN1CCCC1C(=O)N[C@@H](Cc1cnc[nH]1)C(=O)O. The lowest BCUT2D eigenvalue weighted by molar-refractivity contribution is -0.142. The van der Waals surface area contributed by atoms with Crippen LogP contribution in [0.2, 0.25) is 0 Å². The zero-order valence-corrected chi connectivity index (χ0v) is 10.8. The molecule has 104 valence electrons. The first-order valence-corrected chi connectivity index (χ1v) is 6.28. The number of nitrogens with one attached hydrogen (secondary N) is 2. The molecule has 1 unspecified atom stereocenters. The maximum Gasteiger partial charge on any atom is 0.326 e. The molecule has 7 heteroatoms. The molecule has 19 heavy (non-hydrogen) atoms. The van der Waals surface area contributed by atoms with E-state index < -0.39 is 12.0 Å². The Morgan fingerprint density at radius 3 is 3.00 bits per heavy atom. The first kappa shape index (κ1) is 13.5. The van der Waals surface area contributed by atoms with Crippen molar-refractivity contribution in [1.29, 1.82) is 0 Å². The molecule has 2 rings (SSSR count). The number of rotatable bonds is 5. The number of carbonyl (C=O) groups is 2. The van der Waals surface area contributed by atoms with Crippen molar-refractivity contribution in [2.45, 2.75) is 31.3 Å². The fourth-order valence-electron chi connectivity index (χ4n) is 2.33. The number of hydrogen-bond acceptors (Lipinski definition) is 4. The van der Waals surface area contributed by atoms with Crippen molar-refractivity contribution in [2.24, 2.45) is 0 Å². The van der Waals surface area contributed by atoms with E-state index in [-0.39, 0.29) is 18.4 Å². The molecule has 0 spiro atoms. The van der Waals surface area contributed by atoms with Gasteiger partial charge in [-0.1, -0.05) is 0 Å². The second-order valence-electron chi connectivity index (χ2n) is 4.82. The number of likely N-dealkylation sites (tertiary alicyclic amines) is 1. The summed E-state index contributed by atoms with van der Waals surface area (Å²) in [5, 5.41) is 11.8. The van der Waals surface area contributed by atoms with Crippen molar-refractivity contribution in [1.82, 2.24) is 20.2 Å². The van der Waals surface area contributed by atoms with Gasteiger partial charge in [-0.15, -0.1) is 0 Å². The molecule has 2 heterocycles. The molecule has 7 nitrogen and oxygen atoms in total. The summed E-state index contributed by atoms with van der Waals surface area (Å²) >= 11 is 0. The van der Waals surface area contributed by atoms with E-state index in [1.165, 1.54) is 6.33 Å². The van der Waals surface area contributed by atoms with Gasteiger partial charge < -0.3 is 15.4 Å². The van der Waals surface area contributed by atoms with Gasteiger partial charge in [0.1, 0.15) is 6.04 Å². The first-order valence-electron chi connectivity index (χ1n) is 6.28. The number of amides is 1. The highest BCUT2D eigenvalue weighted by molar-refractivity contribution is 5.87. The van der Waals surface area contributed by atoms with E-state index in [1.807, 2.05) is 11.9 Å². The number of nitrogens with zero attached hydrogens (tertiary/aromatic N) is 2. The van der Waals surface area contributed by atoms with Crippen molar-refractivity contribution >= 4 is 11.9 Å². The second kappa shape index (κ2) is 5.83. The van der Waals surface area contributed by atoms with Gasteiger partial charge >= 0.3 is 5.97 Å². The topological polar surface area (TPSA) is 98.3 Å². The lowest BCUT2D eigenvalue weighted by Gasteiger charge is -2.21. The molecule has 0 saturated carbocycles. The van der Waals surface area contributed by atoms with E-state index >= 15 is 0 Å².